The monoisotopic (exact) mass is 418 g/mol. The van der Waals surface area contributed by atoms with Gasteiger partial charge in [0.05, 0.1) is 30.3 Å². The highest BCUT2D eigenvalue weighted by Gasteiger charge is 2.32. The lowest BCUT2D eigenvalue weighted by Gasteiger charge is -2.33. The average Bonchev–Trinajstić information content (AvgIpc) is 2.64. The van der Waals surface area contributed by atoms with Gasteiger partial charge in [-0.2, -0.15) is 13.2 Å². The van der Waals surface area contributed by atoms with E-state index in [1.165, 1.54) is 0 Å². The fourth-order valence-corrected chi connectivity index (χ4v) is 3.49. The second-order valence-corrected chi connectivity index (χ2v) is 6.63. The molecular formula is C18H18F4N2O5. The zero-order valence-corrected chi connectivity index (χ0v) is 15.3. The highest BCUT2D eigenvalue weighted by atomic mass is 19.4. The minimum atomic E-state index is -4.67. The van der Waals surface area contributed by atoms with Crippen LogP contribution in [-0.4, -0.2) is 48.6 Å². The standard InChI is InChI=1S/C18H18F4N2O5/c1-28-17-14-11(6-12(19)15(17)23-4-2-10(26)3-5-23)16(27)13(29-9-25)7-24(14)8-18(20,21)22/h6-7,9-10,26H,2-5,8H2,1H3. The lowest BCUT2D eigenvalue weighted by Crippen LogP contribution is -2.36. The van der Waals surface area contributed by atoms with Crippen LogP contribution < -0.4 is 19.8 Å². The Balaban J connectivity index is 2.32. The van der Waals surface area contributed by atoms with E-state index in [0.29, 0.717) is 17.4 Å². The number of pyridine rings is 1. The van der Waals surface area contributed by atoms with Crippen molar-refractivity contribution in [3.8, 4) is 11.5 Å². The van der Waals surface area contributed by atoms with E-state index >= 15 is 0 Å². The molecule has 0 radical (unpaired) electrons. The number of hydrogen-bond donors (Lipinski definition) is 1. The van der Waals surface area contributed by atoms with E-state index in [-0.39, 0.29) is 36.5 Å². The topological polar surface area (TPSA) is 81.0 Å². The van der Waals surface area contributed by atoms with E-state index in [4.69, 9.17) is 4.74 Å². The van der Waals surface area contributed by atoms with Gasteiger partial charge in [0, 0.05) is 13.1 Å². The molecule has 0 aliphatic carbocycles. The molecular weight excluding hydrogens is 400 g/mol. The number of aliphatic hydroxyl groups is 1. The van der Waals surface area contributed by atoms with Gasteiger partial charge in [-0.1, -0.05) is 0 Å². The summed E-state index contributed by atoms with van der Waals surface area (Å²) in [6.45, 7) is -1.09. The summed E-state index contributed by atoms with van der Waals surface area (Å²) in [5.74, 6) is -1.77. The maximum absolute atomic E-state index is 15.0. The molecule has 2 aromatic rings. The zero-order valence-electron chi connectivity index (χ0n) is 15.3. The Morgan fingerprint density at radius 1 is 1.31 bits per heavy atom. The molecule has 0 amide bonds. The number of benzene rings is 1. The van der Waals surface area contributed by atoms with Gasteiger partial charge in [0.25, 0.3) is 6.47 Å². The van der Waals surface area contributed by atoms with Crippen molar-refractivity contribution >= 4 is 23.1 Å². The van der Waals surface area contributed by atoms with Crippen molar-refractivity contribution in [2.24, 2.45) is 0 Å². The largest absolute Gasteiger partial charge is 0.492 e. The number of nitrogens with zero attached hydrogens (tertiary/aromatic N) is 2. The van der Waals surface area contributed by atoms with Crippen molar-refractivity contribution < 1.29 is 36.9 Å². The van der Waals surface area contributed by atoms with E-state index in [1.807, 2.05) is 0 Å². The predicted octanol–water partition coefficient (Wildman–Crippen LogP) is 2.21. The molecule has 0 atom stereocenters. The van der Waals surface area contributed by atoms with Crippen molar-refractivity contribution in [3.63, 3.8) is 0 Å². The lowest BCUT2D eigenvalue weighted by atomic mass is 10.0. The van der Waals surface area contributed by atoms with Crippen molar-refractivity contribution in [2.75, 3.05) is 25.1 Å². The van der Waals surface area contributed by atoms with E-state index in [9.17, 15) is 32.3 Å². The number of alkyl halides is 3. The summed E-state index contributed by atoms with van der Waals surface area (Å²) in [6.07, 6.45) is -3.77. The quantitative estimate of drug-likeness (QED) is 0.593. The molecule has 1 aromatic carbocycles. The maximum atomic E-state index is 15.0. The number of carbonyl (C=O) groups is 1. The first-order valence-corrected chi connectivity index (χ1v) is 8.70. The summed E-state index contributed by atoms with van der Waals surface area (Å²) < 4.78 is 64.8. The van der Waals surface area contributed by atoms with Crippen LogP contribution in [0.1, 0.15) is 12.8 Å². The number of halogens is 4. The summed E-state index contributed by atoms with van der Waals surface area (Å²) in [7, 11) is 1.16. The molecule has 1 saturated heterocycles. The van der Waals surface area contributed by atoms with E-state index < -0.39 is 41.2 Å². The zero-order chi connectivity index (χ0) is 21.3. The summed E-state index contributed by atoms with van der Waals surface area (Å²) >= 11 is 0. The minimum absolute atomic E-state index is 0.0914. The van der Waals surface area contributed by atoms with E-state index in [1.54, 1.807) is 4.90 Å². The van der Waals surface area contributed by atoms with Gasteiger partial charge in [-0.05, 0) is 18.9 Å². The number of piperidine rings is 1. The molecule has 1 aromatic heterocycles. The second kappa shape index (κ2) is 7.90. The Kier molecular flexibility index (Phi) is 5.69. The van der Waals surface area contributed by atoms with Gasteiger partial charge in [-0.3, -0.25) is 9.59 Å². The van der Waals surface area contributed by atoms with Gasteiger partial charge < -0.3 is 24.0 Å². The van der Waals surface area contributed by atoms with Crippen molar-refractivity contribution in [1.29, 1.82) is 0 Å². The molecule has 1 fully saturated rings. The van der Waals surface area contributed by atoms with Crippen molar-refractivity contribution in [3.05, 3.63) is 28.3 Å². The molecule has 11 heteroatoms. The third-order valence-electron chi connectivity index (χ3n) is 4.72. The van der Waals surface area contributed by atoms with Crippen molar-refractivity contribution in [2.45, 2.75) is 31.7 Å². The molecule has 158 valence electrons. The number of ether oxygens (including phenoxy) is 2. The molecule has 2 heterocycles. The molecule has 0 saturated carbocycles. The summed E-state index contributed by atoms with van der Waals surface area (Å²) in [4.78, 5) is 24.7. The van der Waals surface area contributed by atoms with Gasteiger partial charge in [0.15, 0.2) is 17.3 Å². The first-order valence-electron chi connectivity index (χ1n) is 8.70. The molecule has 0 unspecified atom stereocenters. The van der Waals surface area contributed by atoms with Crippen LogP contribution in [0.25, 0.3) is 10.9 Å². The molecule has 0 bridgehead atoms. The third-order valence-corrected chi connectivity index (χ3v) is 4.72. The van der Waals surface area contributed by atoms with E-state index in [2.05, 4.69) is 4.74 Å². The van der Waals surface area contributed by atoms with Gasteiger partial charge >= 0.3 is 6.18 Å². The molecule has 1 aliphatic heterocycles. The predicted molar refractivity (Wildman–Crippen MR) is 94.9 cm³/mol. The van der Waals surface area contributed by atoms with Gasteiger partial charge in [0.1, 0.15) is 12.2 Å². The Hall–Kier alpha value is -2.82. The number of fused-ring (bicyclic) bond motifs is 1. The van der Waals surface area contributed by atoms with Crippen LogP contribution in [0.3, 0.4) is 0 Å². The Morgan fingerprint density at radius 2 is 1.97 bits per heavy atom. The van der Waals surface area contributed by atoms with E-state index in [0.717, 1.165) is 19.4 Å². The Morgan fingerprint density at radius 3 is 2.52 bits per heavy atom. The smallest absolute Gasteiger partial charge is 0.406 e. The number of hydrogen-bond acceptors (Lipinski definition) is 6. The fraction of sp³-hybridized carbons (Fsp3) is 0.444. The van der Waals surface area contributed by atoms with Crippen LogP contribution in [0.2, 0.25) is 0 Å². The summed E-state index contributed by atoms with van der Waals surface area (Å²) in [5, 5.41) is 9.25. The molecule has 1 N–H and O–H groups in total. The Bertz CT molecular complexity index is 981. The van der Waals surface area contributed by atoms with Gasteiger partial charge in [-0.15, -0.1) is 0 Å². The SMILES string of the molecule is COc1c(N2CCC(O)CC2)c(F)cc2c(=O)c(OC=O)cn(CC(F)(F)F)c12. The fourth-order valence-electron chi connectivity index (χ4n) is 3.49. The number of aliphatic hydroxyl groups excluding tert-OH is 1. The normalized spacial score (nSPS) is 15.6. The number of rotatable bonds is 5. The highest BCUT2D eigenvalue weighted by Crippen LogP contribution is 2.40. The number of anilines is 1. The first kappa shape index (κ1) is 20.9. The molecule has 29 heavy (non-hydrogen) atoms. The maximum Gasteiger partial charge on any atom is 0.406 e. The number of aromatic nitrogens is 1. The molecule has 7 nitrogen and oxygen atoms in total. The van der Waals surface area contributed by atoms with Crippen molar-refractivity contribution in [1.82, 2.24) is 4.57 Å². The lowest BCUT2D eigenvalue weighted by molar-refractivity contribution is -0.140. The van der Waals surface area contributed by atoms with Crippen LogP contribution in [0.4, 0.5) is 23.2 Å². The average molecular weight is 418 g/mol. The van der Waals surface area contributed by atoms with Crippen LogP contribution in [0.15, 0.2) is 17.1 Å². The third kappa shape index (κ3) is 4.14. The number of carbonyl (C=O) groups excluding carboxylic acids is 1. The Labute approximate surface area is 162 Å². The molecule has 3 rings (SSSR count). The minimum Gasteiger partial charge on any atom is -0.492 e. The first-order chi connectivity index (χ1) is 13.7. The molecule has 0 spiro atoms. The van der Waals surface area contributed by atoms with Crippen LogP contribution >= 0.6 is 0 Å². The molecule has 1 aliphatic rings. The van der Waals surface area contributed by atoms with Gasteiger partial charge in [0.2, 0.25) is 5.43 Å². The van der Waals surface area contributed by atoms with Crippen LogP contribution in [0.5, 0.6) is 11.5 Å². The highest BCUT2D eigenvalue weighted by molar-refractivity contribution is 5.92. The van der Waals surface area contributed by atoms with Crippen LogP contribution in [0, 0.1) is 5.82 Å². The second-order valence-electron chi connectivity index (χ2n) is 6.63. The summed E-state index contributed by atoms with van der Waals surface area (Å²) in [5.41, 5.74) is -1.30. The van der Waals surface area contributed by atoms with Crippen LogP contribution in [-0.2, 0) is 11.3 Å². The number of methoxy groups -OCH3 is 1. The van der Waals surface area contributed by atoms with Gasteiger partial charge in [-0.25, -0.2) is 4.39 Å². The summed E-state index contributed by atoms with van der Waals surface area (Å²) in [6, 6.07) is 0.811.